The first kappa shape index (κ1) is 16.8. The molecule has 0 saturated carbocycles. The van der Waals surface area contributed by atoms with E-state index in [1.807, 2.05) is 35.2 Å². The molecular weight excluding hydrogens is 350 g/mol. The van der Waals surface area contributed by atoms with Crippen LogP contribution in [0.4, 0.5) is 5.69 Å². The largest absolute Gasteiger partial charge is 0.467 e. The molecule has 0 aliphatic carbocycles. The number of aryl methyl sites for hydroxylation is 1. The Hall–Kier alpha value is -2.61. The second-order valence-corrected chi connectivity index (χ2v) is 7.21. The van der Waals surface area contributed by atoms with E-state index in [9.17, 15) is 4.79 Å². The van der Waals surface area contributed by atoms with Crippen molar-refractivity contribution in [3.05, 3.63) is 54.0 Å². The van der Waals surface area contributed by atoms with Crippen LogP contribution in [0.25, 0.3) is 0 Å². The number of fused-ring (bicyclic) bond motifs is 1. The molecule has 26 heavy (non-hydrogen) atoms. The summed E-state index contributed by atoms with van der Waals surface area (Å²) in [4.78, 5) is 14.8. The minimum absolute atomic E-state index is 0.0715. The van der Waals surface area contributed by atoms with Crippen LogP contribution in [0.3, 0.4) is 0 Å². The van der Waals surface area contributed by atoms with Crippen LogP contribution in [-0.4, -0.2) is 37.9 Å². The van der Waals surface area contributed by atoms with E-state index >= 15 is 0 Å². The zero-order valence-electron chi connectivity index (χ0n) is 14.4. The van der Waals surface area contributed by atoms with Crippen LogP contribution in [0.2, 0.25) is 0 Å². The molecule has 1 unspecified atom stereocenters. The van der Waals surface area contributed by atoms with Gasteiger partial charge in [-0.2, -0.15) is 0 Å². The fourth-order valence-corrected chi connectivity index (χ4v) is 3.95. The fraction of sp³-hybridized carbons (Fsp3) is 0.333. The van der Waals surface area contributed by atoms with Gasteiger partial charge in [0.2, 0.25) is 11.1 Å². The van der Waals surface area contributed by atoms with Crippen molar-refractivity contribution in [1.29, 1.82) is 0 Å². The molecule has 3 heterocycles. The van der Waals surface area contributed by atoms with E-state index in [4.69, 9.17) is 4.42 Å². The number of carbonyl (C=O) groups is 1. The molecule has 2 aromatic heterocycles. The molecule has 0 bridgehead atoms. The van der Waals surface area contributed by atoms with E-state index < -0.39 is 0 Å². The van der Waals surface area contributed by atoms with Crippen molar-refractivity contribution in [2.45, 2.75) is 37.5 Å². The highest BCUT2D eigenvalue weighted by molar-refractivity contribution is 7.99. The third kappa shape index (κ3) is 3.37. The number of nitrogens with zero attached hydrogens (tertiary/aromatic N) is 5. The fourth-order valence-electron chi connectivity index (χ4n) is 3.21. The van der Waals surface area contributed by atoms with Gasteiger partial charge in [-0.15, -0.1) is 5.10 Å². The van der Waals surface area contributed by atoms with E-state index in [1.165, 1.54) is 17.3 Å². The molecule has 0 radical (unpaired) electrons. The monoisotopic (exact) mass is 369 g/mol. The number of aromatic nitrogens is 4. The van der Waals surface area contributed by atoms with Crippen LogP contribution >= 0.6 is 11.8 Å². The molecule has 0 spiro atoms. The van der Waals surface area contributed by atoms with Crippen molar-refractivity contribution in [2.75, 3.05) is 10.7 Å². The molecule has 134 valence electrons. The molecule has 1 aromatic carbocycles. The minimum Gasteiger partial charge on any atom is -0.467 e. The lowest BCUT2D eigenvalue weighted by Gasteiger charge is -2.35. The highest BCUT2D eigenvalue weighted by Gasteiger charge is 2.28. The Labute approximate surface area is 155 Å². The van der Waals surface area contributed by atoms with Crippen LogP contribution in [0.1, 0.15) is 24.7 Å². The lowest BCUT2D eigenvalue weighted by atomic mass is 9.97. The van der Waals surface area contributed by atoms with Crippen molar-refractivity contribution < 1.29 is 9.21 Å². The molecule has 1 aliphatic rings. The SMILES string of the molecule is CC1CCc2ccccc2N1C(=O)CSc1nnnn1Cc1ccco1. The van der Waals surface area contributed by atoms with Gasteiger partial charge in [0.15, 0.2) is 0 Å². The molecule has 1 amide bonds. The Balaban J connectivity index is 1.46. The van der Waals surface area contributed by atoms with Gasteiger partial charge in [0, 0.05) is 11.7 Å². The third-order valence-corrected chi connectivity index (χ3v) is 5.44. The van der Waals surface area contributed by atoms with Crippen molar-refractivity contribution in [2.24, 2.45) is 0 Å². The maximum atomic E-state index is 12.9. The van der Waals surface area contributed by atoms with Crippen LogP contribution in [0.15, 0.2) is 52.2 Å². The molecule has 7 nitrogen and oxygen atoms in total. The number of anilines is 1. The number of furan rings is 1. The normalized spacial score (nSPS) is 16.5. The first-order valence-electron chi connectivity index (χ1n) is 8.53. The Kier molecular flexibility index (Phi) is 4.75. The number of thioether (sulfide) groups is 1. The zero-order chi connectivity index (χ0) is 17.9. The van der Waals surface area contributed by atoms with Crippen molar-refractivity contribution in [3.8, 4) is 0 Å². The van der Waals surface area contributed by atoms with Crippen LogP contribution < -0.4 is 4.90 Å². The summed E-state index contributed by atoms with van der Waals surface area (Å²) in [6.07, 6.45) is 3.60. The van der Waals surface area contributed by atoms with Crippen molar-refractivity contribution in [1.82, 2.24) is 20.2 Å². The quantitative estimate of drug-likeness (QED) is 0.644. The zero-order valence-corrected chi connectivity index (χ0v) is 15.2. The summed E-state index contributed by atoms with van der Waals surface area (Å²) in [6.45, 7) is 2.54. The van der Waals surface area contributed by atoms with Gasteiger partial charge in [0.25, 0.3) is 0 Å². The van der Waals surface area contributed by atoms with Gasteiger partial charge in [0.05, 0.1) is 12.0 Å². The molecule has 1 aliphatic heterocycles. The first-order valence-corrected chi connectivity index (χ1v) is 9.52. The van der Waals surface area contributed by atoms with Crippen LogP contribution in [0.5, 0.6) is 0 Å². The van der Waals surface area contributed by atoms with Gasteiger partial charge < -0.3 is 9.32 Å². The second kappa shape index (κ2) is 7.33. The predicted molar refractivity (Wildman–Crippen MR) is 98.1 cm³/mol. The summed E-state index contributed by atoms with van der Waals surface area (Å²) in [5.41, 5.74) is 2.25. The summed E-state index contributed by atoms with van der Waals surface area (Å²) in [6, 6.07) is 12.0. The van der Waals surface area contributed by atoms with Gasteiger partial charge in [-0.25, -0.2) is 4.68 Å². The molecule has 0 fully saturated rings. The highest BCUT2D eigenvalue weighted by Crippen LogP contribution is 2.31. The number of hydrogen-bond acceptors (Lipinski definition) is 6. The lowest BCUT2D eigenvalue weighted by Crippen LogP contribution is -2.43. The number of amides is 1. The van der Waals surface area contributed by atoms with Gasteiger partial charge in [0.1, 0.15) is 12.3 Å². The number of hydrogen-bond donors (Lipinski definition) is 0. The number of carbonyl (C=O) groups excluding carboxylic acids is 1. The number of benzene rings is 1. The van der Waals surface area contributed by atoms with E-state index in [0.717, 1.165) is 24.3 Å². The van der Waals surface area contributed by atoms with Crippen molar-refractivity contribution in [3.63, 3.8) is 0 Å². The second-order valence-electron chi connectivity index (χ2n) is 6.27. The molecule has 0 saturated heterocycles. The number of tetrazole rings is 1. The third-order valence-electron chi connectivity index (χ3n) is 4.50. The number of para-hydroxylation sites is 1. The summed E-state index contributed by atoms with van der Waals surface area (Å²) in [7, 11) is 0. The minimum atomic E-state index is 0.0715. The topological polar surface area (TPSA) is 77.1 Å². The maximum Gasteiger partial charge on any atom is 0.237 e. The van der Waals surface area contributed by atoms with E-state index in [0.29, 0.717) is 11.7 Å². The van der Waals surface area contributed by atoms with Crippen molar-refractivity contribution >= 4 is 23.4 Å². The Morgan fingerprint density at radius 1 is 1.31 bits per heavy atom. The smallest absolute Gasteiger partial charge is 0.237 e. The van der Waals surface area contributed by atoms with Gasteiger partial charge in [-0.1, -0.05) is 30.0 Å². The standard InChI is InChI=1S/C18H19N5O2S/c1-13-8-9-14-5-2-3-7-16(14)23(13)17(24)12-26-18-19-20-21-22(18)11-15-6-4-10-25-15/h2-7,10,13H,8-9,11-12H2,1H3. The predicted octanol–water partition coefficient (Wildman–Crippen LogP) is 2.77. The molecule has 8 heteroatoms. The molecular formula is C18H19N5O2S. The summed E-state index contributed by atoms with van der Waals surface area (Å²) in [5, 5.41) is 12.3. The van der Waals surface area contributed by atoms with Gasteiger partial charge in [-0.05, 0) is 54.0 Å². The van der Waals surface area contributed by atoms with E-state index in [-0.39, 0.29) is 17.7 Å². The summed E-state index contributed by atoms with van der Waals surface area (Å²) >= 11 is 1.35. The molecule has 1 atom stereocenters. The average Bonchev–Trinajstić information content (AvgIpc) is 3.32. The Morgan fingerprint density at radius 3 is 3.04 bits per heavy atom. The van der Waals surface area contributed by atoms with Crippen LogP contribution in [-0.2, 0) is 17.8 Å². The maximum absolute atomic E-state index is 12.9. The summed E-state index contributed by atoms with van der Waals surface area (Å²) < 4.78 is 6.98. The van der Waals surface area contributed by atoms with Gasteiger partial charge in [-0.3, -0.25) is 4.79 Å². The molecule has 4 rings (SSSR count). The molecule has 3 aromatic rings. The average molecular weight is 369 g/mol. The van der Waals surface area contributed by atoms with E-state index in [1.54, 1.807) is 10.9 Å². The van der Waals surface area contributed by atoms with Crippen LogP contribution in [0, 0.1) is 0 Å². The Bertz CT molecular complexity index is 893. The number of rotatable bonds is 5. The van der Waals surface area contributed by atoms with Gasteiger partial charge >= 0.3 is 0 Å². The summed E-state index contributed by atoms with van der Waals surface area (Å²) in [5.74, 6) is 1.13. The Morgan fingerprint density at radius 2 is 2.19 bits per heavy atom. The lowest BCUT2D eigenvalue weighted by molar-refractivity contribution is -0.116. The highest BCUT2D eigenvalue weighted by atomic mass is 32.2. The first-order chi connectivity index (χ1) is 12.7. The molecule has 0 N–H and O–H groups in total. The van der Waals surface area contributed by atoms with E-state index in [2.05, 4.69) is 28.5 Å².